The van der Waals surface area contributed by atoms with Crippen LogP contribution < -0.4 is 4.74 Å². The van der Waals surface area contributed by atoms with E-state index in [1.54, 1.807) is 36.4 Å². The summed E-state index contributed by atoms with van der Waals surface area (Å²) in [5.74, 6) is -1.17. The third kappa shape index (κ3) is 4.95. The van der Waals surface area contributed by atoms with Gasteiger partial charge in [0.15, 0.2) is 5.78 Å². The first kappa shape index (κ1) is 23.9. The van der Waals surface area contributed by atoms with E-state index in [9.17, 15) is 18.7 Å². The molecule has 0 spiro atoms. The van der Waals surface area contributed by atoms with Gasteiger partial charge in [-0.15, -0.1) is 0 Å². The van der Waals surface area contributed by atoms with Gasteiger partial charge in [0.25, 0.3) is 0 Å². The highest BCUT2D eigenvalue weighted by atomic mass is 19.1. The zero-order chi connectivity index (χ0) is 25.1. The first-order valence-electron chi connectivity index (χ1n) is 12.2. The number of rotatable bonds is 7. The van der Waals surface area contributed by atoms with Crippen LogP contribution >= 0.6 is 0 Å². The zero-order valence-corrected chi connectivity index (χ0v) is 19.8. The number of phenols is 1. The van der Waals surface area contributed by atoms with Crippen LogP contribution in [0.1, 0.15) is 35.2 Å². The van der Waals surface area contributed by atoms with Gasteiger partial charge in [0, 0.05) is 17.7 Å². The van der Waals surface area contributed by atoms with Crippen LogP contribution in [0, 0.1) is 11.6 Å². The maximum Gasteiger partial charge on any atom is 0.194 e. The number of ketones is 1. The van der Waals surface area contributed by atoms with Crippen LogP contribution in [0.4, 0.5) is 8.78 Å². The number of aromatic hydroxyl groups is 1. The number of phenolic OH excluding ortho intramolecular Hbond substituents is 1. The highest BCUT2D eigenvalue weighted by molar-refractivity contribution is 6.20. The maximum atomic E-state index is 14.7. The molecule has 0 atom stereocenters. The molecule has 1 aliphatic rings. The quantitative estimate of drug-likeness (QED) is 0.299. The second kappa shape index (κ2) is 10.5. The molecule has 0 radical (unpaired) electrons. The van der Waals surface area contributed by atoms with Crippen molar-refractivity contribution in [2.75, 3.05) is 26.2 Å². The molecule has 1 aliphatic heterocycles. The van der Waals surface area contributed by atoms with Crippen molar-refractivity contribution in [2.24, 2.45) is 0 Å². The molecule has 0 bridgehead atoms. The van der Waals surface area contributed by atoms with Gasteiger partial charge in [0.05, 0.1) is 5.56 Å². The van der Waals surface area contributed by atoms with Crippen LogP contribution in [0.5, 0.6) is 11.5 Å². The fourth-order valence-electron chi connectivity index (χ4n) is 4.85. The lowest BCUT2D eigenvalue weighted by Crippen LogP contribution is -2.33. The van der Waals surface area contributed by atoms with Crippen LogP contribution in [0.15, 0.2) is 72.8 Å². The molecule has 0 aromatic heterocycles. The highest BCUT2D eigenvalue weighted by Crippen LogP contribution is 2.36. The van der Waals surface area contributed by atoms with Gasteiger partial charge in [0.1, 0.15) is 29.7 Å². The fourth-order valence-corrected chi connectivity index (χ4v) is 4.85. The third-order valence-electron chi connectivity index (χ3n) is 6.70. The van der Waals surface area contributed by atoms with Gasteiger partial charge in [-0.25, -0.2) is 8.78 Å². The molecule has 184 valence electrons. The van der Waals surface area contributed by atoms with E-state index in [-0.39, 0.29) is 28.2 Å². The van der Waals surface area contributed by atoms with Gasteiger partial charge in [-0.05, 0) is 96.9 Å². The molecule has 36 heavy (non-hydrogen) atoms. The number of piperidine rings is 1. The number of carbonyl (C=O) groups is 1. The van der Waals surface area contributed by atoms with Gasteiger partial charge in [-0.1, -0.05) is 24.6 Å². The molecule has 0 saturated carbocycles. The predicted molar refractivity (Wildman–Crippen MR) is 137 cm³/mol. The zero-order valence-electron chi connectivity index (χ0n) is 19.8. The average molecular weight is 488 g/mol. The van der Waals surface area contributed by atoms with Crippen molar-refractivity contribution in [1.82, 2.24) is 4.90 Å². The third-order valence-corrected chi connectivity index (χ3v) is 6.70. The number of carbonyl (C=O) groups excluding carboxylic acids is 1. The summed E-state index contributed by atoms with van der Waals surface area (Å²) in [7, 11) is 0. The van der Waals surface area contributed by atoms with E-state index in [2.05, 4.69) is 4.90 Å². The van der Waals surface area contributed by atoms with Crippen LogP contribution in [0.25, 0.3) is 21.9 Å². The van der Waals surface area contributed by atoms with E-state index in [1.807, 2.05) is 0 Å². The van der Waals surface area contributed by atoms with Crippen molar-refractivity contribution in [3.05, 3.63) is 95.6 Å². The minimum absolute atomic E-state index is 0.0387. The number of fused-ring (bicyclic) bond motifs is 1. The Morgan fingerprint density at radius 2 is 1.61 bits per heavy atom. The van der Waals surface area contributed by atoms with Crippen LogP contribution in [0.2, 0.25) is 0 Å². The van der Waals surface area contributed by atoms with Crippen molar-refractivity contribution in [1.29, 1.82) is 0 Å². The molecule has 1 N–H and O–H groups in total. The largest absolute Gasteiger partial charge is 0.508 e. The van der Waals surface area contributed by atoms with Crippen molar-refractivity contribution >= 4 is 16.6 Å². The average Bonchev–Trinajstić information content (AvgIpc) is 2.89. The molecule has 4 aromatic rings. The van der Waals surface area contributed by atoms with Gasteiger partial charge in [-0.2, -0.15) is 0 Å². The molecular weight excluding hydrogens is 460 g/mol. The Balaban J connectivity index is 1.46. The summed E-state index contributed by atoms with van der Waals surface area (Å²) >= 11 is 0. The van der Waals surface area contributed by atoms with Crippen LogP contribution in [-0.4, -0.2) is 42.0 Å². The number of hydrogen-bond donors (Lipinski definition) is 1. The molecule has 6 heteroatoms. The second-order valence-electron chi connectivity index (χ2n) is 9.09. The summed E-state index contributed by atoms with van der Waals surface area (Å²) in [6, 6.07) is 18.2. The van der Waals surface area contributed by atoms with E-state index in [1.165, 1.54) is 55.7 Å². The summed E-state index contributed by atoms with van der Waals surface area (Å²) in [6.45, 7) is 3.63. The maximum absolute atomic E-state index is 14.7. The molecule has 4 nitrogen and oxygen atoms in total. The van der Waals surface area contributed by atoms with E-state index in [0.29, 0.717) is 28.7 Å². The van der Waals surface area contributed by atoms with E-state index < -0.39 is 11.6 Å². The lowest BCUT2D eigenvalue weighted by molar-refractivity contribution is 0.104. The molecule has 1 heterocycles. The van der Waals surface area contributed by atoms with Crippen LogP contribution in [-0.2, 0) is 0 Å². The minimum atomic E-state index is -0.750. The fraction of sp³-hybridized carbons (Fsp3) is 0.233. The topological polar surface area (TPSA) is 49.8 Å². The monoisotopic (exact) mass is 487 g/mol. The van der Waals surface area contributed by atoms with Gasteiger partial charge in [-0.3, -0.25) is 9.69 Å². The molecule has 5 rings (SSSR count). The van der Waals surface area contributed by atoms with Crippen molar-refractivity contribution in [3.63, 3.8) is 0 Å². The summed E-state index contributed by atoms with van der Waals surface area (Å²) < 4.78 is 35.4. The van der Waals surface area contributed by atoms with E-state index in [0.717, 1.165) is 19.6 Å². The van der Waals surface area contributed by atoms with E-state index in [4.69, 9.17) is 4.74 Å². The predicted octanol–water partition coefficient (Wildman–Crippen LogP) is 6.59. The Hall–Kier alpha value is -3.77. The summed E-state index contributed by atoms with van der Waals surface area (Å²) in [6.07, 6.45) is 3.74. The number of ether oxygens (including phenoxy) is 1. The highest BCUT2D eigenvalue weighted by Gasteiger charge is 2.23. The Kier molecular flexibility index (Phi) is 6.96. The Bertz CT molecular complexity index is 1380. The minimum Gasteiger partial charge on any atom is -0.508 e. The van der Waals surface area contributed by atoms with Gasteiger partial charge >= 0.3 is 0 Å². The molecule has 1 saturated heterocycles. The van der Waals surface area contributed by atoms with Gasteiger partial charge < -0.3 is 9.84 Å². The summed E-state index contributed by atoms with van der Waals surface area (Å²) in [5, 5.41) is 11.0. The van der Waals surface area contributed by atoms with E-state index >= 15 is 0 Å². The first-order chi connectivity index (χ1) is 17.5. The lowest BCUT2D eigenvalue weighted by atomic mass is 9.89. The van der Waals surface area contributed by atoms with Gasteiger partial charge in [0.2, 0.25) is 0 Å². The first-order valence-corrected chi connectivity index (χ1v) is 12.2. The molecule has 0 amide bonds. The molecular formula is C30H27F2NO3. The number of likely N-dealkylation sites (tertiary alicyclic amines) is 1. The Morgan fingerprint density at radius 3 is 2.33 bits per heavy atom. The SMILES string of the molecule is O=C(c1ccc(OCCN2CCCCC2)cc1)c1c(-c2c(F)cccc2F)ccc2cc(O)ccc12. The molecule has 1 fully saturated rings. The Morgan fingerprint density at radius 1 is 0.889 bits per heavy atom. The number of hydrogen-bond acceptors (Lipinski definition) is 4. The molecule has 4 aromatic carbocycles. The molecule has 0 unspecified atom stereocenters. The lowest BCUT2D eigenvalue weighted by Gasteiger charge is -2.26. The van der Waals surface area contributed by atoms with Crippen molar-refractivity contribution < 1.29 is 23.4 Å². The number of benzene rings is 4. The second-order valence-corrected chi connectivity index (χ2v) is 9.09. The van der Waals surface area contributed by atoms with Crippen molar-refractivity contribution in [2.45, 2.75) is 19.3 Å². The number of halogens is 2. The smallest absolute Gasteiger partial charge is 0.194 e. The van der Waals surface area contributed by atoms with Crippen LogP contribution in [0.3, 0.4) is 0 Å². The molecule has 0 aliphatic carbocycles. The summed E-state index contributed by atoms with van der Waals surface area (Å²) in [4.78, 5) is 16.1. The Labute approximate surface area is 208 Å². The van der Waals surface area contributed by atoms with Crippen molar-refractivity contribution in [3.8, 4) is 22.6 Å². The normalized spacial score (nSPS) is 14.2. The number of nitrogens with zero attached hydrogens (tertiary/aromatic N) is 1. The summed E-state index contributed by atoms with van der Waals surface area (Å²) in [5.41, 5.74) is 0.455. The standard InChI is InChI=1S/C30H27F2NO3/c31-26-5-4-6-27(32)29(26)25-13-9-21-19-22(34)10-14-24(21)28(25)30(35)20-7-11-23(12-8-20)36-18-17-33-15-2-1-3-16-33/h4-14,19,34H,1-3,15-18H2.